The van der Waals surface area contributed by atoms with Crippen molar-refractivity contribution in [2.75, 3.05) is 13.2 Å². The summed E-state index contributed by atoms with van der Waals surface area (Å²) in [5, 5.41) is 7.29. The van der Waals surface area contributed by atoms with Crippen molar-refractivity contribution >= 4 is 5.91 Å². The molecule has 0 saturated heterocycles. The lowest BCUT2D eigenvalue weighted by Crippen LogP contribution is -2.27. The van der Waals surface area contributed by atoms with Gasteiger partial charge in [-0.3, -0.25) is 9.48 Å². The first-order chi connectivity index (χ1) is 13.5. The molecular formula is C21H26N4O3. The molecule has 148 valence electrons. The maximum atomic E-state index is 12.9. The number of aryl methyl sites for hydroxylation is 1. The van der Waals surface area contributed by atoms with Crippen LogP contribution < -0.4 is 14.8 Å². The molecule has 0 bridgehead atoms. The third kappa shape index (κ3) is 4.03. The quantitative estimate of drug-likeness (QED) is 0.647. The highest BCUT2D eigenvalue weighted by Gasteiger charge is 2.20. The fourth-order valence-electron chi connectivity index (χ4n) is 3.07. The van der Waals surface area contributed by atoms with Crippen molar-refractivity contribution in [1.29, 1.82) is 0 Å². The van der Waals surface area contributed by atoms with Crippen LogP contribution in [0.4, 0.5) is 0 Å². The number of nitrogens with one attached hydrogen (secondary N) is 1. The van der Waals surface area contributed by atoms with Crippen LogP contribution in [0.2, 0.25) is 0 Å². The molecule has 1 amide bonds. The standard InChI is InChI=1S/C21H26N4O3/c1-5-27-18-10-9-16(13-19(18)28-6-2)15(3)23-20(26)17-14-22-24(4)21(17)25-11-7-8-12-25/h7-15H,5-6H2,1-4H3,(H,23,26). The lowest BCUT2D eigenvalue weighted by molar-refractivity contribution is 0.0939. The molecule has 7 heteroatoms. The molecule has 1 unspecified atom stereocenters. The summed E-state index contributed by atoms with van der Waals surface area (Å²) in [5.74, 6) is 1.92. The van der Waals surface area contributed by atoms with Gasteiger partial charge in [-0.25, -0.2) is 0 Å². The van der Waals surface area contributed by atoms with E-state index >= 15 is 0 Å². The fourth-order valence-corrected chi connectivity index (χ4v) is 3.07. The minimum Gasteiger partial charge on any atom is -0.490 e. The Morgan fingerprint density at radius 3 is 2.50 bits per heavy atom. The van der Waals surface area contributed by atoms with Gasteiger partial charge in [0.25, 0.3) is 5.91 Å². The van der Waals surface area contributed by atoms with E-state index in [2.05, 4.69) is 10.4 Å². The molecule has 0 aliphatic rings. The summed E-state index contributed by atoms with van der Waals surface area (Å²) in [6.45, 7) is 6.91. The van der Waals surface area contributed by atoms with Crippen LogP contribution in [0, 0.1) is 0 Å². The van der Waals surface area contributed by atoms with Crippen LogP contribution in [-0.2, 0) is 7.05 Å². The number of nitrogens with zero attached hydrogens (tertiary/aromatic N) is 3. The highest BCUT2D eigenvalue weighted by atomic mass is 16.5. The molecule has 1 aromatic carbocycles. The molecule has 0 radical (unpaired) electrons. The second-order valence-electron chi connectivity index (χ2n) is 6.36. The van der Waals surface area contributed by atoms with Gasteiger partial charge in [-0.2, -0.15) is 5.10 Å². The Morgan fingerprint density at radius 2 is 1.82 bits per heavy atom. The molecule has 0 aliphatic heterocycles. The average Bonchev–Trinajstić information content (AvgIpc) is 3.32. The summed E-state index contributed by atoms with van der Waals surface area (Å²) < 4.78 is 14.9. The smallest absolute Gasteiger partial charge is 0.257 e. The van der Waals surface area contributed by atoms with Gasteiger partial charge < -0.3 is 19.4 Å². The highest BCUT2D eigenvalue weighted by Crippen LogP contribution is 2.31. The molecule has 0 spiro atoms. The number of hydrogen-bond donors (Lipinski definition) is 1. The van der Waals surface area contributed by atoms with Crippen LogP contribution in [0.5, 0.6) is 11.5 Å². The van der Waals surface area contributed by atoms with Gasteiger partial charge >= 0.3 is 0 Å². The van der Waals surface area contributed by atoms with E-state index in [0.717, 1.165) is 11.4 Å². The SMILES string of the molecule is CCOc1ccc(C(C)NC(=O)c2cnn(C)c2-n2cccc2)cc1OCC. The molecule has 3 aromatic rings. The first-order valence-corrected chi connectivity index (χ1v) is 9.40. The normalized spacial score (nSPS) is 11.9. The summed E-state index contributed by atoms with van der Waals surface area (Å²) in [6, 6.07) is 9.34. The largest absolute Gasteiger partial charge is 0.490 e. The predicted octanol–water partition coefficient (Wildman–Crippen LogP) is 3.50. The van der Waals surface area contributed by atoms with Crippen molar-refractivity contribution in [3.8, 4) is 17.3 Å². The van der Waals surface area contributed by atoms with Crippen molar-refractivity contribution in [3.05, 3.63) is 60.0 Å². The zero-order valence-electron chi connectivity index (χ0n) is 16.7. The third-order valence-corrected chi connectivity index (χ3v) is 4.42. The van der Waals surface area contributed by atoms with Gasteiger partial charge in [-0.05, 0) is 50.6 Å². The lowest BCUT2D eigenvalue weighted by Gasteiger charge is -2.18. The summed E-state index contributed by atoms with van der Waals surface area (Å²) >= 11 is 0. The van der Waals surface area contributed by atoms with Crippen LogP contribution in [0.25, 0.3) is 5.82 Å². The van der Waals surface area contributed by atoms with Crippen LogP contribution >= 0.6 is 0 Å². The summed E-state index contributed by atoms with van der Waals surface area (Å²) in [4.78, 5) is 12.9. The Hall–Kier alpha value is -3.22. The molecule has 7 nitrogen and oxygen atoms in total. The molecule has 3 rings (SSSR count). The van der Waals surface area contributed by atoms with Crippen LogP contribution in [0.15, 0.2) is 48.9 Å². The molecule has 0 fully saturated rings. The molecule has 28 heavy (non-hydrogen) atoms. The zero-order chi connectivity index (χ0) is 20.1. The molecular weight excluding hydrogens is 356 g/mol. The Kier molecular flexibility index (Phi) is 6.03. The molecule has 2 heterocycles. The number of carbonyl (C=O) groups excluding carboxylic acids is 1. The molecule has 1 atom stereocenters. The number of carbonyl (C=O) groups is 1. The molecule has 0 saturated carbocycles. The van der Waals surface area contributed by atoms with Crippen molar-refractivity contribution in [2.24, 2.45) is 7.05 Å². The molecule has 0 aliphatic carbocycles. The molecule has 1 N–H and O–H groups in total. The Bertz CT molecular complexity index is 931. The Morgan fingerprint density at radius 1 is 1.14 bits per heavy atom. The third-order valence-electron chi connectivity index (χ3n) is 4.42. The van der Waals surface area contributed by atoms with E-state index in [0.29, 0.717) is 30.3 Å². The van der Waals surface area contributed by atoms with E-state index in [1.807, 2.05) is 75.1 Å². The first-order valence-electron chi connectivity index (χ1n) is 9.40. The highest BCUT2D eigenvalue weighted by molar-refractivity contribution is 5.97. The number of benzene rings is 1. The minimum atomic E-state index is -0.208. The maximum Gasteiger partial charge on any atom is 0.257 e. The summed E-state index contributed by atoms with van der Waals surface area (Å²) in [5.41, 5.74) is 1.45. The molecule has 2 aromatic heterocycles. The van der Waals surface area contributed by atoms with E-state index in [9.17, 15) is 4.79 Å². The van der Waals surface area contributed by atoms with Crippen LogP contribution in [-0.4, -0.2) is 33.5 Å². The lowest BCUT2D eigenvalue weighted by atomic mass is 10.1. The van der Waals surface area contributed by atoms with Crippen molar-refractivity contribution in [3.63, 3.8) is 0 Å². The van der Waals surface area contributed by atoms with E-state index in [1.165, 1.54) is 0 Å². The van der Waals surface area contributed by atoms with Crippen molar-refractivity contribution < 1.29 is 14.3 Å². The monoisotopic (exact) mass is 382 g/mol. The van der Waals surface area contributed by atoms with Gasteiger partial charge in [-0.15, -0.1) is 0 Å². The number of aromatic nitrogens is 3. The van der Waals surface area contributed by atoms with E-state index < -0.39 is 0 Å². The van der Waals surface area contributed by atoms with Crippen molar-refractivity contribution in [2.45, 2.75) is 26.8 Å². The summed E-state index contributed by atoms with van der Waals surface area (Å²) in [7, 11) is 1.82. The number of amides is 1. The maximum absolute atomic E-state index is 12.9. The second-order valence-corrected chi connectivity index (χ2v) is 6.36. The first kappa shape index (κ1) is 19.5. The van der Waals surface area contributed by atoms with Gasteiger partial charge in [0.1, 0.15) is 11.4 Å². The van der Waals surface area contributed by atoms with Gasteiger partial charge in [0, 0.05) is 19.4 Å². The van der Waals surface area contributed by atoms with E-state index in [-0.39, 0.29) is 11.9 Å². The van der Waals surface area contributed by atoms with E-state index in [4.69, 9.17) is 9.47 Å². The number of ether oxygens (including phenoxy) is 2. The van der Waals surface area contributed by atoms with Gasteiger partial charge in [-0.1, -0.05) is 6.07 Å². The number of rotatable bonds is 8. The van der Waals surface area contributed by atoms with E-state index in [1.54, 1.807) is 10.9 Å². The Labute approximate surface area is 164 Å². The van der Waals surface area contributed by atoms with Gasteiger partial charge in [0.15, 0.2) is 11.5 Å². The predicted molar refractivity (Wildman–Crippen MR) is 107 cm³/mol. The minimum absolute atomic E-state index is 0.184. The van der Waals surface area contributed by atoms with Crippen LogP contribution in [0.1, 0.15) is 42.7 Å². The number of hydrogen-bond acceptors (Lipinski definition) is 4. The average molecular weight is 382 g/mol. The fraction of sp³-hybridized carbons (Fsp3) is 0.333. The van der Waals surface area contributed by atoms with Gasteiger partial charge in [0.2, 0.25) is 0 Å². The zero-order valence-corrected chi connectivity index (χ0v) is 16.7. The van der Waals surface area contributed by atoms with Crippen molar-refractivity contribution in [1.82, 2.24) is 19.7 Å². The second kappa shape index (κ2) is 8.65. The summed E-state index contributed by atoms with van der Waals surface area (Å²) in [6.07, 6.45) is 5.36. The topological polar surface area (TPSA) is 70.3 Å². The Balaban J connectivity index is 1.81. The van der Waals surface area contributed by atoms with Crippen LogP contribution in [0.3, 0.4) is 0 Å². The van der Waals surface area contributed by atoms with Gasteiger partial charge in [0.05, 0.1) is 25.5 Å².